The molecule has 0 aromatic rings. The molecule has 118 valence electrons. The summed E-state index contributed by atoms with van der Waals surface area (Å²) in [6.07, 6.45) is 16.6. The Kier molecular flexibility index (Phi) is 3.72. The molecule has 4 bridgehead atoms. The van der Waals surface area contributed by atoms with Gasteiger partial charge < -0.3 is 5.43 Å². The molecule has 5 aliphatic carbocycles. The van der Waals surface area contributed by atoms with E-state index in [2.05, 4.69) is 5.43 Å². The van der Waals surface area contributed by atoms with Crippen molar-refractivity contribution in [2.24, 2.45) is 34.0 Å². The van der Waals surface area contributed by atoms with Gasteiger partial charge in [-0.2, -0.15) is 0 Å². The first-order valence-corrected chi connectivity index (χ1v) is 9.32. The van der Waals surface area contributed by atoms with E-state index in [0.29, 0.717) is 11.5 Å². The van der Waals surface area contributed by atoms with Gasteiger partial charge in [0.25, 0.3) is 0 Å². The molecule has 0 aromatic carbocycles. The largest absolute Gasteiger partial charge is 0.312 e. The molecule has 0 atom stereocenters. The highest BCUT2D eigenvalue weighted by atomic mass is 15.3. The van der Waals surface area contributed by atoms with Crippen LogP contribution in [0.2, 0.25) is 0 Å². The second kappa shape index (κ2) is 5.57. The molecule has 5 aliphatic rings. The van der Waals surface area contributed by atoms with E-state index in [1.807, 2.05) is 0 Å². The lowest BCUT2D eigenvalue weighted by Gasteiger charge is -2.56. The third-order valence-corrected chi connectivity index (χ3v) is 6.81. The lowest BCUT2D eigenvalue weighted by Crippen LogP contribution is -2.55. The van der Waals surface area contributed by atoms with Crippen molar-refractivity contribution in [2.45, 2.75) is 83.1 Å². The van der Waals surface area contributed by atoms with Crippen molar-refractivity contribution >= 4 is 5.84 Å². The van der Waals surface area contributed by atoms with Crippen molar-refractivity contribution < 1.29 is 0 Å². The first kappa shape index (κ1) is 14.0. The molecule has 0 aliphatic heterocycles. The minimum absolute atomic E-state index is 0.329. The predicted molar refractivity (Wildman–Crippen MR) is 86.9 cm³/mol. The van der Waals surface area contributed by atoms with Crippen molar-refractivity contribution in [2.75, 3.05) is 0 Å². The predicted octanol–water partition coefficient (Wildman–Crippen LogP) is 3.79. The first-order valence-electron chi connectivity index (χ1n) is 9.32. The second-order valence-electron chi connectivity index (χ2n) is 8.47. The van der Waals surface area contributed by atoms with Gasteiger partial charge in [0, 0.05) is 5.41 Å². The van der Waals surface area contributed by atoms with Crippen LogP contribution in [0.5, 0.6) is 0 Å². The van der Waals surface area contributed by atoms with E-state index in [0.717, 1.165) is 17.8 Å². The molecule has 3 nitrogen and oxygen atoms in total. The highest BCUT2D eigenvalue weighted by Crippen LogP contribution is 2.60. The summed E-state index contributed by atoms with van der Waals surface area (Å²) in [5, 5.41) is 0. The van der Waals surface area contributed by atoms with Crippen molar-refractivity contribution in [1.82, 2.24) is 5.43 Å². The Labute approximate surface area is 129 Å². The molecule has 3 N–H and O–H groups in total. The van der Waals surface area contributed by atoms with Gasteiger partial charge in [-0.15, -0.1) is 0 Å². The summed E-state index contributed by atoms with van der Waals surface area (Å²) in [6, 6.07) is 0.534. The van der Waals surface area contributed by atoms with Crippen LogP contribution in [-0.4, -0.2) is 11.9 Å². The number of aliphatic imine (C=N–C) groups is 1. The summed E-state index contributed by atoms with van der Waals surface area (Å²) in [7, 11) is 0. The Morgan fingerprint density at radius 1 is 0.857 bits per heavy atom. The molecule has 5 saturated carbocycles. The highest BCUT2D eigenvalue weighted by Gasteiger charge is 2.53. The average molecular weight is 289 g/mol. The molecule has 0 radical (unpaired) electrons. The minimum Gasteiger partial charge on any atom is -0.312 e. The molecule has 3 heteroatoms. The lowest BCUT2D eigenvalue weighted by molar-refractivity contribution is -0.0143. The summed E-state index contributed by atoms with van der Waals surface area (Å²) < 4.78 is 0. The van der Waals surface area contributed by atoms with Crippen LogP contribution in [0, 0.1) is 23.2 Å². The third-order valence-electron chi connectivity index (χ3n) is 6.81. The normalized spacial score (nSPS) is 43.9. The zero-order valence-corrected chi connectivity index (χ0v) is 13.3. The molecule has 21 heavy (non-hydrogen) atoms. The summed E-state index contributed by atoms with van der Waals surface area (Å²) in [5.41, 5.74) is 3.41. The molecule has 0 saturated heterocycles. The van der Waals surface area contributed by atoms with Crippen LogP contribution < -0.4 is 11.3 Å². The topological polar surface area (TPSA) is 50.4 Å². The Bertz CT molecular complexity index is 371. The van der Waals surface area contributed by atoms with Crippen LogP contribution in [0.1, 0.15) is 77.0 Å². The highest BCUT2D eigenvalue weighted by molar-refractivity contribution is 5.88. The quantitative estimate of drug-likeness (QED) is 0.267. The standard InChI is InChI=1S/C18H31N3/c19-21-17(20-16-5-3-1-2-4-6-16)18-10-13-7-14(11-18)9-15(8-13)12-18/h13-16H,1-12,19H2,(H,20,21). The fourth-order valence-corrected chi connectivity index (χ4v) is 6.30. The first-order chi connectivity index (χ1) is 10.3. The van der Waals surface area contributed by atoms with E-state index in [9.17, 15) is 0 Å². The zero-order chi connectivity index (χ0) is 14.3. The number of hydrazine groups is 1. The van der Waals surface area contributed by atoms with E-state index in [4.69, 9.17) is 10.8 Å². The van der Waals surface area contributed by atoms with E-state index in [1.165, 1.54) is 82.9 Å². The van der Waals surface area contributed by atoms with Gasteiger partial charge in [0.2, 0.25) is 0 Å². The van der Waals surface area contributed by atoms with Crippen molar-refractivity contribution in [3.8, 4) is 0 Å². The maximum Gasteiger partial charge on any atom is 0.117 e. The van der Waals surface area contributed by atoms with Crippen LogP contribution in [0.15, 0.2) is 4.99 Å². The Hall–Kier alpha value is -0.570. The summed E-state index contributed by atoms with van der Waals surface area (Å²) >= 11 is 0. The Balaban J connectivity index is 1.57. The molecule has 0 heterocycles. The van der Waals surface area contributed by atoms with Gasteiger partial charge in [-0.1, -0.05) is 25.7 Å². The second-order valence-corrected chi connectivity index (χ2v) is 8.47. The number of rotatable bonds is 2. The van der Waals surface area contributed by atoms with E-state index < -0.39 is 0 Å². The van der Waals surface area contributed by atoms with Gasteiger partial charge in [0.05, 0.1) is 6.04 Å². The fraction of sp³-hybridized carbons (Fsp3) is 0.944. The van der Waals surface area contributed by atoms with Gasteiger partial charge in [0.1, 0.15) is 5.84 Å². The summed E-state index contributed by atoms with van der Waals surface area (Å²) in [6.45, 7) is 0. The lowest BCUT2D eigenvalue weighted by atomic mass is 9.49. The number of nitrogens with one attached hydrogen (secondary N) is 1. The zero-order valence-electron chi connectivity index (χ0n) is 13.3. The molecular formula is C18H31N3. The summed E-state index contributed by atoms with van der Waals surface area (Å²) in [4.78, 5) is 5.18. The number of nitrogens with zero attached hydrogens (tertiary/aromatic N) is 1. The Morgan fingerprint density at radius 3 is 1.86 bits per heavy atom. The van der Waals surface area contributed by atoms with Gasteiger partial charge in [-0.25, -0.2) is 5.84 Å². The molecule has 0 spiro atoms. The van der Waals surface area contributed by atoms with Crippen LogP contribution in [0.3, 0.4) is 0 Å². The van der Waals surface area contributed by atoms with E-state index in [-0.39, 0.29) is 0 Å². The maximum atomic E-state index is 5.97. The molecule has 0 amide bonds. The van der Waals surface area contributed by atoms with Gasteiger partial charge in [-0.05, 0) is 69.1 Å². The molecular weight excluding hydrogens is 258 g/mol. The van der Waals surface area contributed by atoms with Gasteiger partial charge >= 0.3 is 0 Å². The summed E-state index contributed by atoms with van der Waals surface area (Å²) in [5.74, 6) is 10.0. The SMILES string of the molecule is NNC(=NC1CCCCCC1)C12CC3CC(CC(C3)C1)C2. The molecule has 0 aromatic heterocycles. The van der Waals surface area contributed by atoms with E-state index in [1.54, 1.807) is 0 Å². The van der Waals surface area contributed by atoms with Crippen LogP contribution in [-0.2, 0) is 0 Å². The van der Waals surface area contributed by atoms with Gasteiger partial charge in [-0.3, -0.25) is 4.99 Å². The monoisotopic (exact) mass is 289 g/mol. The number of hydrogen-bond acceptors (Lipinski definition) is 2. The van der Waals surface area contributed by atoms with Crippen LogP contribution >= 0.6 is 0 Å². The Morgan fingerprint density at radius 2 is 1.38 bits per heavy atom. The molecule has 0 unspecified atom stereocenters. The average Bonchev–Trinajstić information content (AvgIpc) is 2.71. The number of amidine groups is 1. The van der Waals surface area contributed by atoms with E-state index >= 15 is 0 Å². The third kappa shape index (κ3) is 2.62. The maximum absolute atomic E-state index is 5.97. The van der Waals surface area contributed by atoms with Gasteiger partial charge in [0.15, 0.2) is 0 Å². The molecule has 5 fully saturated rings. The van der Waals surface area contributed by atoms with Crippen molar-refractivity contribution in [3.63, 3.8) is 0 Å². The van der Waals surface area contributed by atoms with Crippen molar-refractivity contribution in [3.05, 3.63) is 0 Å². The minimum atomic E-state index is 0.329. The van der Waals surface area contributed by atoms with Crippen LogP contribution in [0.4, 0.5) is 0 Å². The number of hydrogen-bond donors (Lipinski definition) is 2. The molecule has 5 rings (SSSR count). The number of nitrogens with two attached hydrogens (primary N) is 1. The van der Waals surface area contributed by atoms with Crippen molar-refractivity contribution in [1.29, 1.82) is 0 Å². The van der Waals surface area contributed by atoms with Crippen LogP contribution in [0.25, 0.3) is 0 Å². The smallest absolute Gasteiger partial charge is 0.117 e. The fourth-order valence-electron chi connectivity index (χ4n) is 6.30.